The number of esters is 3. The molecule has 1 aromatic carbocycles. The van der Waals surface area contributed by atoms with Crippen LogP contribution in [0.5, 0.6) is 6.08 Å². The standard InChI is InChI=1S/C21H24N2O10.C2H6/c1-10(24)22-17-19(30-13(4)27)18(29-12(3)26)16(9-28-11(2)25)31-20(17)33-21-23-14-7-5-6-8-15(14)32-21;1-2/h5-8,16-20H,9H2,1-4H3,(H,22,24);1-2H3/t16?,17-,18?,19?,20?;/m1./s1. The van der Waals surface area contributed by atoms with Crippen LogP contribution in [0.3, 0.4) is 0 Å². The van der Waals surface area contributed by atoms with Crippen LogP contribution in [0.25, 0.3) is 11.1 Å². The fraction of sp³-hybridized carbons (Fsp3) is 0.522. The number of para-hydroxylation sites is 2. The van der Waals surface area contributed by atoms with Crippen molar-refractivity contribution in [1.29, 1.82) is 0 Å². The number of ether oxygens (including phenoxy) is 5. The zero-order chi connectivity index (χ0) is 26.1. The maximum Gasteiger partial charge on any atom is 0.397 e. The van der Waals surface area contributed by atoms with Gasteiger partial charge < -0.3 is 33.4 Å². The van der Waals surface area contributed by atoms with Crippen LogP contribution < -0.4 is 10.1 Å². The van der Waals surface area contributed by atoms with E-state index in [1.54, 1.807) is 24.3 Å². The van der Waals surface area contributed by atoms with Crippen LogP contribution in [-0.4, -0.2) is 66.0 Å². The highest BCUT2D eigenvalue weighted by molar-refractivity contribution is 5.74. The second-order valence-electron chi connectivity index (χ2n) is 7.29. The first-order valence-electron chi connectivity index (χ1n) is 11.1. The third-order valence-corrected chi connectivity index (χ3v) is 4.56. The number of rotatable bonds is 7. The number of carbonyl (C=O) groups excluding carboxylic acids is 4. The molecule has 192 valence electrons. The van der Waals surface area contributed by atoms with E-state index in [-0.39, 0.29) is 12.7 Å². The summed E-state index contributed by atoms with van der Waals surface area (Å²) in [6.45, 7) is 8.41. The van der Waals surface area contributed by atoms with E-state index in [9.17, 15) is 19.2 Å². The Morgan fingerprint density at radius 2 is 1.57 bits per heavy atom. The minimum Gasteiger partial charge on any atom is -0.463 e. The molecule has 2 aromatic rings. The van der Waals surface area contributed by atoms with Crippen LogP contribution in [0.2, 0.25) is 0 Å². The van der Waals surface area contributed by atoms with Gasteiger partial charge in [0.05, 0.1) is 0 Å². The molecule has 1 aromatic heterocycles. The third-order valence-electron chi connectivity index (χ3n) is 4.56. The molecule has 0 radical (unpaired) electrons. The van der Waals surface area contributed by atoms with E-state index in [1.807, 2.05) is 13.8 Å². The molecule has 4 unspecified atom stereocenters. The topological polar surface area (TPSA) is 152 Å². The highest BCUT2D eigenvalue weighted by atomic mass is 16.7. The summed E-state index contributed by atoms with van der Waals surface area (Å²) >= 11 is 0. The predicted octanol–water partition coefficient (Wildman–Crippen LogP) is 1.89. The van der Waals surface area contributed by atoms with Crippen LogP contribution in [-0.2, 0) is 38.1 Å². The summed E-state index contributed by atoms with van der Waals surface area (Å²) in [4.78, 5) is 51.1. The molecule has 12 heteroatoms. The minimum absolute atomic E-state index is 0.171. The number of fused-ring (bicyclic) bond motifs is 1. The van der Waals surface area contributed by atoms with Gasteiger partial charge in [-0.25, -0.2) is 0 Å². The molecule has 1 amide bonds. The van der Waals surface area contributed by atoms with Gasteiger partial charge in [0, 0.05) is 27.7 Å². The first kappa shape index (κ1) is 27.6. The lowest BCUT2D eigenvalue weighted by atomic mass is 9.96. The maximum atomic E-state index is 11.9. The lowest BCUT2D eigenvalue weighted by Gasteiger charge is -2.44. The molecule has 35 heavy (non-hydrogen) atoms. The van der Waals surface area contributed by atoms with Crippen LogP contribution >= 0.6 is 0 Å². The van der Waals surface area contributed by atoms with Gasteiger partial charge in [-0.1, -0.05) is 26.0 Å². The number of oxazole rings is 1. The van der Waals surface area contributed by atoms with Crippen molar-refractivity contribution in [3.05, 3.63) is 24.3 Å². The summed E-state index contributed by atoms with van der Waals surface area (Å²) in [5.74, 6) is -2.51. The van der Waals surface area contributed by atoms with Gasteiger partial charge in [0.15, 0.2) is 17.8 Å². The van der Waals surface area contributed by atoms with E-state index in [2.05, 4.69) is 10.3 Å². The number of hydrogen-bond donors (Lipinski definition) is 1. The average Bonchev–Trinajstić information content (AvgIpc) is 3.19. The number of nitrogens with one attached hydrogen (secondary N) is 1. The van der Waals surface area contributed by atoms with Crippen molar-refractivity contribution in [2.24, 2.45) is 0 Å². The maximum absolute atomic E-state index is 11.9. The van der Waals surface area contributed by atoms with Crippen LogP contribution in [0, 0.1) is 0 Å². The van der Waals surface area contributed by atoms with Crippen LogP contribution in [0.1, 0.15) is 41.5 Å². The summed E-state index contributed by atoms with van der Waals surface area (Å²) in [6, 6.07) is 5.79. The molecule has 1 N–H and O–H groups in total. The molecular weight excluding hydrogens is 464 g/mol. The van der Waals surface area contributed by atoms with E-state index in [4.69, 9.17) is 28.1 Å². The summed E-state index contributed by atoms with van der Waals surface area (Å²) in [5, 5.41) is 2.60. The van der Waals surface area contributed by atoms with Crippen molar-refractivity contribution in [1.82, 2.24) is 10.3 Å². The van der Waals surface area contributed by atoms with Crippen molar-refractivity contribution in [2.75, 3.05) is 6.61 Å². The van der Waals surface area contributed by atoms with Gasteiger partial charge in [0.25, 0.3) is 0 Å². The molecular formula is C23H30N2O10. The average molecular weight is 494 g/mol. The Hall–Kier alpha value is -3.67. The van der Waals surface area contributed by atoms with E-state index < -0.39 is 54.5 Å². The molecule has 12 nitrogen and oxygen atoms in total. The Morgan fingerprint density at radius 1 is 0.943 bits per heavy atom. The zero-order valence-electron chi connectivity index (χ0n) is 20.4. The molecule has 1 aliphatic heterocycles. The summed E-state index contributed by atoms with van der Waals surface area (Å²) in [5.41, 5.74) is 0.968. The largest absolute Gasteiger partial charge is 0.463 e. The van der Waals surface area contributed by atoms with Gasteiger partial charge in [-0.15, -0.1) is 0 Å². The summed E-state index contributed by atoms with van der Waals surface area (Å²) in [6.07, 6.45) is -5.03. The third kappa shape index (κ3) is 7.67. The van der Waals surface area contributed by atoms with Gasteiger partial charge in [-0.05, 0) is 12.1 Å². The molecule has 2 heterocycles. The Balaban J connectivity index is 0.00000210. The van der Waals surface area contributed by atoms with E-state index in [1.165, 1.54) is 13.8 Å². The minimum atomic E-state index is -1.31. The van der Waals surface area contributed by atoms with Crippen molar-refractivity contribution < 1.29 is 47.3 Å². The van der Waals surface area contributed by atoms with E-state index in [0.717, 1.165) is 13.8 Å². The predicted molar refractivity (Wildman–Crippen MR) is 120 cm³/mol. The Morgan fingerprint density at radius 3 is 2.14 bits per heavy atom. The number of carbonyl (C=O) groups is 4. The quantitative estimate of drug-likeness (QED) is 0.443. The van der Waals surface area contributed by atoms with Gasteiger partial charge in [-0.2, -0.15) is 4.98 Å². The van der Waals surface area contributed by atoms with Crippen molar-refractivity contribution in [2.45, 2.75) is 72.2 Å². The second-order valence-corrected chi connectivity index (χ2v) is 7.29. The monoisotopic (exact) mass is 494 g/mol. The number of nitrogens with zero attached hydrogens (tertiary/aromatic N) is 1. The fourth-order valence-electron chi connectivity index (χ4n) is 3.39. The molecule has 5 atom stereocenters. The number of benzene rings is 1. The normalized spacial score (nSPS) is 23.3. The molecule has 0 spiro atoms. The van der Waals surface area contributed by atoms with E-state index in [0.29, 0.717) is 11.1 Å². The van der Waals surface area contributed by atoms with Gasteiger partial charge in [0.1, 0.15) is 24.3 Å². The first-order valence-corrected chi connectivity index (χ1v) is 11.1. The molecule has 0 aliphatic carbocycles. The van der Waals surface area contributed by atoms with Gasteiger partial charge in [0.2, 0.25) is 12.2 Å². The molecule has 0 bridgehead atoms. The smallest absolute Gasteiger partial charge is 0.397 e. The molecule has 3 rings (SSSR count). The highest BCUT2D eigenvalue weighted by Gasteiger charge is 2.52. The summed E-state index contributed by atoms with van der Waals surface area (Å²) in [7, 11) is 0. The molecule has 1 aliphatic rings. The Labute approximate surface area is 202 Å². The van der Waals surface area contributed by atoms with E-state index >= 15 is 0 Å². The molecule has 0 saturated carbocycles. The lowest BCUT2D eigenvalue weighted by Crippen LogP contribution is -2.67. The number of amides is 1. The Bertz CT molecular complexity index is 1000. The SMILES string of the molecule is CC.CC(=O)N[C@H]1C(Oc2nc3ccccc3o2)OC(COC(C)=O)C(OC(C)=O)C1OC(C)=O. The highest BCUT2D eigenvalue weighted by Crippen LogP contribution is 2.30. The fourth-order valence-corrected chi connectivity index (χ4v) is 3.39. The van der Waals surface area contributed by atoms with Crippen molar-refractivity contribution in [3.63, 3.8) is 0 Å². The van der Waals surface area contributed by atoms with Gasteiger partial charge in [-0.3, -0.25) is 19.2 Å². The molecule has 1 saturated heterocycles. The van der Waals surface area contributed by atoms with Crippen LogP contribution in [0.15, 0.2) is 28.7 Å². The van der Waals surface area contributed by atoms with Crippen LogP contribution in [0.4, 0.5) is 0 Å². The Kier molecular flexibility index (Phi) is 10.0. The van der Waals surface area contributed by atoms with Crippen molar-refractivity contribution >= 4 is 34.9 Å². The lowest BCUT2D eigenvalue weighted by molar-refractivity contribution is -0.259. The first-order chi connectivity index (χ1) is 16.6. The van der Waals surface area contributed by atoms with Crippen molar-refractivity contribution in [3.8, 4) is 6.08 Å². The molecule has 1 fully saturated rings. The second kappa shape index (κ2) is 12.7. The van der Waals surface area contributed by atoms with Gasteiger partial charge >= 0.3 is 24.0 Å². The number of hydrogen-bond acceptors (Lipinski definition) is 11. The number of aromatic nitrogens is 1. The summed E-state index contributed by atoms with van der Waals surface area (Å²) < 4.78 is 33.0. The zero-order valence-corrected chi connectivity index (χ0v) is 20.4.